The van der Waals surface area contributed by atoms with Crippen LogP contribution >= 0.6 is 0 Å². The molecule has 1 amide bonds. The lowest BCUT2D eigenvalue weighted by Gasteiger charge is -2.42. The molecular formula is C27H49NO3Si2. The van der Waals surface area contributed by atoms with Crippen molar-refractivity contribution >= 4 is 27.7 Å². The Balaban J connectivity index is 3.30. The van der Waals surface area contributed by atoms with Crippen molar-refractivity contribution in [2.24, 2.45) is 5.92 Å². The van der Waals surface area contributed by atoms with Gasteiger partial charge in [-0.15, -0.1) is 6.58 Å². The van der Waals surface area contributed by atoms with Crippen LogP contribution in [0.3, 0.4) is 0 Å². The second-order valence-corrected chi connectivity index (χ2v) is 21.8. The predicted molar refractivity (Wildman–Crippen MR) is 147 cm³/mol. The van der Waals surface area contributed by atoms with Gasteiger partial charge in [-0.3, -0.25) is 4.90 Å². The van der Waals surface area contributed by atoms with Crippen molar-refractivity contribution in [1.82, 2.24) is 4.90 Å². The summed E-state index contributed by atoms with van der Waals surface area (Å²) in [5.41, 5.74) is -0.565. The molecule has 1 atom stereocenters. The molecule has 1 aromatic rings. The highest BCUT2D eigenvalue weighted by Crippen LogP contribution is 2.36. The van der Waals surface area contributed by atoms with E-state index in [-0.39, 0.29) is 23.1 Å². The van der Waals surface area contributed by atoms with Crippen LogP contribution in [0.15, 0.2) is 42.1 Å². The first-order valence-corrected chi connectivity index (χ1v) is 18.1. The third-order valence-electron chi connectivity index (χ3n) is 6.85. The number of benzene rings is 1. The van der Waals surface area contributed by atoms with Gasteiger partial charge in [0.05, 0.1) is 12.6 Å². The van der Waals surface area contributed by atoms with E-state index >= 15 is 0 Å². The van der Waals surface area contributed by atoms with E-state index in [0.717, 1.165) is 5.20 Å². The number of rotatable bonds is 9. The quantitative estimate of drug-likeness (QED) is 0.350. The van der Waals surface area contributed by atoms with E-state index in [1.807, 2.05) is 31.7 Å². The van der Waals surface area contributed by atoms with E-state index < -0.39 is 22.0 Å². The third kappa shape index (κ3) is 8.11. The fourth-order valence-electron chi connectivity index (χ4n) is 3.64. The van der Waals surface area contributed by atoms with Crippen LogP contribution in [-0.2, 0) is 9.16 Å². The molecule has 1 aromatic carbocycles. The third-order valence-corrected chi connectivity index (χ3v) is 15.1. The molecule has 0 radical (unpaired) electrons. The Kier molecular flexibility index (Phi) is 9.81. The number of hydrogen-bond acceptors (Lipinski definition) is 3. The van der Waals surface area contributed by atoms with Gasteiger partial charge in [0.2, 0.25) is 0 Å². The highest BCUT2D eigenvalue weighted by Gasteiger charge is 2.41. The first-order chi connectivity index (χ1) is 14.8. The summed E-state index contributed by atoms with van der Waals surface area (Å²) in [6, 6.07) is 10.5. The second kappa shape index (κ2) is 10.9. The lowest BCUT2D eigenvalue weighted by Crippen LogP contribution is -2.56. The molecule has 1 rings (SSSR count). The van der Waals surface area contributed by atoms with Crippen molar-refractivity contribution in [2.45, 2.75) is 98.3 Å². The van der Waals surface area contributed by atoms with Gasteiger partial charge in [-0.2, -0.15) is 0 Å². The second-order valence-electron chi connectivity index (χ2n) is 12.5. The zero-order valence-corrected chi connectivity index (χ0v) is 25.3. The van der Waals surface area contributed by atoms with E-state index in [9.17, 15) is 4.79 Å². The molecule has 0 unspecified atom stereocenters. The maximum atomic E-state index is 13.5. The molecule has 6 heteroatoms. The van der Waals surface area contributed by atoms with Gasteiger partial charge in [-0.25, -0.2) is 4.79 Å². The van der Waals surface area contributed by atoms with Crippen molar-refractivity contribution in [3.8, 4) is 0 Å². The minimum atomic E-state index is -2.06. The molecule has 0 bridgehead atoms. The highest BCUT2D eigenvalue weighted by molar-refractivity contribution is 6.95. The maximum absolute atomic E-state index is 13.5. The minimum Gasteiger partial charge on any atom is -0.444 e. The summed E-state index contributed by atoms with van der Waals surface area (Å²) in [5, 5.41) is 2.58. The van der Waals surface area contributed by atoms with Crippen molar-refractivity contribution in [3.05, 3.63) is 42.1 Å². The molecule has 0 aliphatic carbocycles. The lowest BCUT2D eigenvalue weighted by molar-refractivity contribution is 0.0124. The van der Waals surface area contributed by atoms with Crippen LogP contribution in [0.4, 0.5) is 4.79 Å². The molecule has 0 spiro atoms. The van der Waals surface area contributed by atoms with Crippen molar-refractivity contribution in [1.29, 1.82) is 0 Å². The summed E-state index contributed by atoms with van der Waals surface area (Å²) >= 11 is 0. The molecule has 0 fully saturated rings. The molecule has 188 valence electrons. The molecule has 0 saturated carbocycles. The van der Waals surface area contributed by atoms with Crippen molar-refractivity contribution in [3.63, 3.8) is 0 Å². The van der Waals surface area contributed by atoms with Crippen LogP contribution in [-0.4, -0.2) is 52.2 Å². The van der Waals surface area contributed by atoms with Gasteiger partial charge in [0.25, 0.3) is 0 Å². The monoisotopic (exact) mass is 491 g/mol. The molecule has 0 saturated heterocycles. The Bertz CT molecular complexity index is 790. The Morgan fingerprint density at radius 3 is 1.94 bits per heavy atom. The molecule has 0 aliphatic rings. The van der Waals surface area contributed by atoms with Gasteiger partial charge >= 0.3 is 6.09 Å². The van der Waals surface area contributed by atoms with Crippen LogP contribution in [0.25, 0.3) is 0 Å². The largest absolute Gasteiger partial charge is 0.444 e. The Hall–Kier alpha value is -1.38. The topological polar surface area (TPSA) is 38.8 Å². The summed E-state index contributed by atoms with van der Waals surface area (Å²) in [6.45, 7) is 31.5. The summed E-state index contributed by atoms with van der Waals surface area (Å²) < 4.78 is 12.3. The van der Waals surface area contributed by atoms with E-state index in [1.54, 1.807) is 0 Å². The average molecular weight is 492 g/mol. The first kappa shape index (κ1) is 29.7. The van der Waals surface area contributed by atoms with Gasteiger partial charge in [0.15, 0.2) is 8.32 Å². The normalized spacial score (nSPS) is 14.2. The van der Waals surface area contributed by atoms with Crippen LogP contribution in [0.2, 0.25) is 31.2 Å². The zero-order valence-electron chi connectivity index (χ0n) is 23.3. The van der Waals surface area contributed by atoms with E-state index in [2.05, 4.69) is 91.7 Å². The number of nitrogens with zero attached hydrogens (tertiary/aromatic N) is 1. The average Bonchev–Trinajstić information content (AvgIpc) is 2.64. The van der Waals surface area contributed by atoms with Crippen LogP contribution in [0.1, 0.15) is 55.4 Å². The molecule has 0 aromatic heterocycles. The molecule has 33 heavy (non-hydrogen) atoms. The summed E-state index contributed by atoms with van der Waals surface area (Å²) in [6.07, 6.45) is -0.293. The molecule has 0 aliphatic heterocycles. The molecule has 0 N–H and O–H groups in total. The highest BCUT2D eigenvalue weighted by atomic mass is 28.4. The van der Waals surface area contributed by atoms with Gasteiger partial charge < -0.3 is 9.16 Å². The van der Waals surface area contributed by atoms with Gasteiger partial charge in [0.1, 0.15) is 13.7 Å². The maximum Gasteiger partial charge on any atom is 0.410 e. The van der Waals surface area contributed by atoms with Gasteiger partial charge in [0, 0.05) is 6.54 Å². The fraction of sp³-hybridized carbons (Fsp3) is 0.667. The van der Waals surface area contributed by atoms with Crippen LogP contribution < -0.4 is 5.19 Å². The first-order valence-electron chi connectivity index (χ1n) is 12.2. The summed E-state index contributed by atoms with van der Waals surface area (Å²) in [7, 11) is -3.98. The van der Waals surface area contributed by atoms with Crippen molar-refractivity contribution < 1.29 is 14.0 Å². The lowest BCUT2D eigenvalue weighted by atomic mass is 10.0. The molecular weight excluding hydrogens is 442 g/mol. The zero-order chi connectivity index (χ0) is 25.8. The smallest absolute Gasteiger partial charge is 0.410 e. The summed E-state index contributed by atoms with van der Waals surface area (Å²) in [5.74, 6) is 0.202. The minimum absolute atomic E-state index is 0.118. The molecule has 0 heterocycles. The predicted octanol–water partition coefficient (Wildman–Crippen LogP) is 6.98. The Morgan fingerprint density at radius 2 is 1.52 bits per heavy atom. The van der Waals surface area contributed by atoms with Crippen LogP contribution in [0, 0.1) is 5.92 Å². The number of carbonyl (C=O) groups excluding carboxylic acids is 1. The number of hydrogen-bond donors (Lipinski definition) is 0. The number of amides is 1. The van der Waals surface area contributed by atoms with Crippen LogP contribution in [0.5, 0.6) is 0 Å². The number of carbonyl (C=O) groups is 1. The Morgan fingerprint density at radius 1 is 1.00 bits per heavy atom. The Labute approximate surface area is 205 Å². The van der Waals surface area contributed by atoms with Gasteiger partial charge in [-0.05, 0) is 44.8 Å². The van der Waals surface area contributed by atoms with E-state index in [1.165, 1.54) is 5.19 Å². The fourth-order valence-corrected chi connectivity index (χ4v) is 7.30. The molecule has 4 nitrogen and oxygen atoms in total. The van der Waals surface area contributed by atoms with E-state index in [0.29, 0.717) is 13.2 Å². The standard InChI is InChI=1S/C27H49NO3Si2/c1-21(2)24(22(3)32(10,11)23-17-15-14-16-18-23)28(25(29)31-26(4,5)6)19-20-30-33(12,13)27(7,8)9/h14-18,21,24H,3,19-20H2,1-2,4-13H3/t24-/m0/s1. The van der Waals surface area contributed by atoms with Crippen molar-refractivity contribution in [2.75, 3.05) is 13.2 Å². The summed E-state index contributed by atoms with van der Waals surface area (Å²) in [4.78, 5) is 15.3. The SMILES string of the molecule is C=C([C@H](C(C)C)N(CCO[Si](C)(C)C(C)(C)C)C(=O)OC(C)(C)C)[Si](C)(C)c1ccccc1. The number of ether oxygens (including phenoxy) is 1. The van der Waals surface area contributed by atoms with Gasteiger partial charge in [-0.1, -0.05) is 88.4 Å². The van der Waals surface area contributed by atoms with E-state index in [4.69, 9.17) is 9.16 Å².